The van der Waals surface area contributed by atoms with Crippen LogP contribution in [-0.2, 0) is 9.47 Å². The maximum Gasteiger partial charge on any atom is 0.420 e. The third kappa shape index (κ3) is 9.02. The molecule has 0 aromatic rings. The van der Waals surface area contributed by atoms with Crippen LogP contribution in [0.1, 0.15) is 60.8 Å². The number of carbonyl (C=O) groups is 2. The van der Waals surface area contributed by atoms with Crippen LogP contribution in [-0.4, -0.2) is 45.9 Å². The summed E-state index contributed by atoms with van der Waals surface area (Å²) in [6, 6.07) is -0.781. The van der Waals surface area contributed by atoms with Crippen molar-refractivity contribution in [3.63, 3.8) is 0 Å². The molecule has 4 N–H and O–H groups in total. The number of hydrogen-bond donors (Lipinski definition) is 2. The third-order valence-electron chi connectivity index (χ3n) is 2.75. The van der Waals surface area contributed by atoms with Gasteiger partial charge in [0, 0.05) is 0 Å². The second-order valence-corrected chi connectivity index (χ2v) is 8.00. The van der Waals surface area contributed by atoms with Gasteiger partial charge in [0.15, 0.2) is 0 Å². The van der Waals surface area contributed by atoms with Gasteiger partial charge in [-0.2, -0.15) is 0 Å². The molecule has 0 aliphatic carbocycles. The molecule has 0 aromatic carbocycles. The van der Waals surface area contributed by atoms with Gasteiger partial charge in [0.2, 0.25) is 0 Å². The molecule has 0 rings (SSSR count). The first kappa shape index (κ1) is 22.6. The highest BCUT2D eigenvalue weighted by molar-refractivity contribution is 7.80. The average Bonchev–Trinajstić information content (AvgIpc) is 2.32. The summed E-state index contributed by atoms with van der Waals surface area (Å²) in [4.78, 5) is 26.0. The SMILES string of the molecule is CC(C)(C)OC(=O)N(C(=O)OC(C)(C)C)C(CCCCN)C(N)=S. The highest BCUT2D eigenvalue weighted by Crippen LogP contribution is 2.19. The lowest BCUT2D eigenvalue weighted by molar-refractivity contribution is -0.00283. The maximum atomic E-state index is 12.5. The Balaban J connectivity index is 5.50. The van der Waals surface area contributed by atoms with Crippen LogP contribution in [0.4, 0.5) is 9.59 Å². The molecule has 2 amide bonds. The number of carbonyl (C=O) groups excluding carboxylic acids is 2. The number of amides is 2. The third-order valence-corrected chi connectivity index (χ3v) is 3.02. The van der Waals surface area contributed by atoms with Crippen LogP contribution in [0.25, 0.3) is 0 Å². The summed E-state index contributed by atoms with van der Waals surface area (Å²) >= 11 is 5.05. The molecule has 8 heteroatoms. The summed E-state index contributed by atoms with van der Waals surface area (Å²) in [5.74, 6) is 0. The van der Waals surface area contributed by atoms with Crippen molar-refractivity contribution >= 4 is 29.4 Å². The van der Waals surface area contributed by atoms with Crippen molar-refractivity contribution in [1.82, 2.24) is 4.90 Å². The summed E-state index contributed by atoms with van der Waals surface area (Å²) in [5, 5.41) is 0. The summed E-state index contributed by atoms with van der Waals surface area (Å²) in [7, 11) is 0. The Labute approximate surface area is 150 Å². The molecule has 0 aromatic heterocycles. The monoisotopic (exact) mass is 361 g/mol. The van der Waals surface area contributed by atoms with Crippen LogP contribution >= 0.6 is 12.2 Å². The number of nitrogens with two attached hydrogens (primary N) is 2. The first-order valence-corrected chi connectivity index (χ1v) is 8.44. The number of hydrogen-bond acceptors (Lipinski definition) is 6. The summed E-state index contributed by atoms with van der Waals surface area (Å²) < 4.78 is 10.6. The molecule has 0 aliphatic heterocycles. The number of ether oxygens (including phenoxy) is 2. The van der Waals surface area contributed by atoms with Crippen LogP contribution < -0.4 is 11.5 Å². The van der Waals surface area contributed by atoms with E-state index in [1.807, 2.05) is 0 Å². The molecule has 7 nitrogen and oxygen atoms in total. The van der Waals surface area contributed by atoms with Crippen molar-refractivity contribution in [2.75, 3.05) is 6.54 Å². The molecule has 0 fully saturated rings. The Hall–Kier alpha value is -1.41. The Morgan fingerprint density at radius 2 is 1.42 bits per heavy atom. The van der Waals surface area contributed by atoms with Crippen molar-refractivity contribution in [3.8, 4) is 0 Å². The molecule has 0 saturated carbocycles. The van der Waals surface area contributed by atoms with Gasteiger partial charge in [-0.3, -0.25) is 0 Å². The van der Waals surface area contributed by atoms with Gasteiger partial charge in [-0.25, -0.2) is 14.5 Å². The Morgan fingerprint density at radius 3 is 1.71 bits per heavy atom. The van der Waals surface area contributed by atoms with Gasteiger partial charge in [0.25, 0.3) is 0 Å². The number of nitrogens with zero attached hydrogens (tertiary/aromatic N) is 1. The molecule has 0 aliphatic rings. The molecule has 0 saturated heterocycles. The number of imide groups is 1. The van der Waals surface area contributed by atoms with Gasteiger partial charge in [0.05, 0.1) is 11.0 Å². The lowest BCUT2D eigenvalue weighted by Gasteiger charge is -2.33. The molecule has 1 unspecified atom stereocenters. The molecule has 0 bridgehead atoms. The average molecular weight is 362 g/mol. The largest absolute Gasteiger partial charge is 0.443 e. The highest BCUT2D eigenvalue weighted by Gasteiger charge is 2.37. The Kier molecular flexibility index (Phi) is 8.63. The van der Waals surface area contributed by atoms with E-state index in [2.05, 4.69) is 0 Å². The lowest BCUT2D eigenvalue weighted by Crippen LogP contribution is -2.53. The minimum Gasteiger partial charge on any atom is -0.443 e. The van der Waals surface area contributed by atoms with E-state index in [9.17, 15) is 9.59 Å². The van der Waals surface area contributed by atoms with Crippen LogP contribution in [0.5, 0.6) is 0 Å². The fraction of sp³-hybridized carbons (Fsp3) is 0.812. The van der Waals surface area contributed by atoms with Crippen molar-refractivity contribution < 1.29 is 19.1 Å². The van der Waals surface area contributed by atoms with Crippen LogP contribution in [0, 0.1) is 0 Å². The zero-order valence-corrected chi connectivity index (χ0v) is 16.4. The number of unbranched alkanes of at least 4 members (excludes halogenated alkanes) is 1. The zero-order chi connectivity index (χ0) is 19.1. The second-order valence-electron chi connectivity index (χ2n) is 7.53. The van der Waals surface area contributed by atoms with E-state index >= 15 is 0 Å². The van der Waals surface area contributed by atoms with E-state index in [-0.39, 0.29) is 4.99 Å². The Bertz CT molecular complexity index is 427. The van der Waals surface area contributed by atoms with Crippen molar-refractivity contribution in [2.24, 2.45) is 11.5 Å². The van der Waals surface area contributed by atoms with E-state index < -0.39 is 29.4 Å². The van der Waals surface area contributed by atoms with Gasteiger partial charge in [-0.15, -0.1) is 0 Å². The van der Waals surface area contributed by atoms with E-state index in [0.717, 1.165) is 11.3 Å². The van der Waals surface area contributed by atoms with Gasteiger partial charge >= 0.3 is 12.2 Å². The summed E-state index contributed by atoms with van der Waals surface area (Å²) in [6.45, 7) is 10.8. The topological polar surface area (TPSA) is 108 Å². The fourth-order valence-corrected chi connectivity index (χ4v) is 2.06. The lowest BCUT2D eigenvalue weighted by atomic mass is 10.1. The van der Waals surface area contributed by atoms with E-state index in [0.29, 0.717) is 19.4 Å². The second kappa shape index (κ2) is 9.17. The van der Waals surface area contributed by atoms with Crippen LogP contribution in [0.15, 0.2) is 0 Å². The van der Waals surface area contributed by atoms with Crippen molar-refractivity contribution in [3.05, 3.63) is 0 Å². The Morgan fingerprint density at radius 1 is 1.00 bits per heavy atom. The quantitative estimate of drug-likeness (QED) is 0.553. The molecule has 0 heterocycles. The molecule has 24 heavy (non-hydrogen) atoms. The first-order valence-electron chi connectivity index (χ1n) is 8.03. The fourth-order valence-electron chi connectivity index (χ4n) is 1.83. The molecule has 0 radical (unpaired) electrons. The summed E-state index contributed by atoms with van der Waals surface area (Å²) in [5.41, 5.74) is 9.72. The van der Waals surface area contributed by atoms with Crippen molar-refractivity contribution in [2.45, 2.75) is 78.0 Å². The zero-order valence-electron chi connectivity index (χ0n) is 15.5. The predicted molar refractivity (Wildman–Crippen MR) is 97.8 cm³/mol. The van der Waals surface area contributed by atoms with Gasteiger partial charge in [-0.05, 0) is 67.3 Å². The summed E-state index contributed by atoms with van der Waals surface area (Å²) in [6.07, 6.45) is 0.144. The molecule has 1 atom stereocenters. The molecular formula is C16H31N3O4S. The van der Waals surface area contributed by atoms with E-state index in [1.165, 1.54) is 0 Å². The van der Waals surface area contributed by atoms with Gasteiger partial charge in [0.1, 0.15) is 11.2 Å². The smallest absolute Gasteiger partial charge is 0.420 e. The van der Waals surface area contributed by atoms with Crippen LogP contribution in [0.3, 0.4) is 0 Å². The van der Waals surface area contributed by atoms with Crippen LogP contribution in [0.2, 0.25) is 0 Å². The van der Waals surface area contributed by atoms with Gasteiger partial charge < -0.3 is 20.9 Å². The van der Waals surface area contributed by atoms with E-state index in [1.54, 1.807) is 41.5 Å². The first-order chi connectivity index (χ1) is 10.8. The number of thiocarbonyl (C=S) groups is 1. The number of rotatable bonds is 6. The maximum absolute atomic E-state index is 12.5. The predicted octanol–water partition coefficient (Wildman–Crippen LogP) is 2.94. The minimum atomic E-state index is -0.831. The molecule has 0 spiro atoms. The van der Waals surface area contributed by atoms with Crippen molar-refractivity contribution in [1.29, 1.82) is 0 Å². The highest BCUT2D eigenvalue weighted by atomic mass is 32.1. The van der Waals surface area contributed by atoms with E-state index in [4.69, 9.17) is 33.2 Å². The van der Waals surface area contributed by atoms with Gasteiger partial charge in [-0.1, -0.05) is 12.2 Å². The minimum absolute atomic E-state index is 0.0312. The molecule has 140 valence electrons. The normalized spacial score (nSPS) is 13.1. The molecular weight excluding hydrogens is 330 g/mol. The standard InChI is InChI=1S/C16H31N3O4S/c1-15(2,3)22-13(20)19(14(21)23-16(4,5)6)11(12(18)24)9-7-8-10-17/h11H,7-10,17H2,1-6H3,(H2,18,24).